The van der Waals surface area contributed by atoms with Crippen LogP contribution in [0.15, 0.2) is 16.5 Å². The number of nitrogens with zero attached hydrogens (tertiary/aromatic N) is 18. The maximum absolute atomic E-state index is 4.29. The van der Waals surface area contributed by atoms with Crippen LogP contribution >= 0.6 is 0 Å². The van der Waals surface area contributed by atoms with Gasteiger partial charge in [0.05, 0.1) is 0 Å². The molecule has 72 heavy (non-hydrogen) atoms. The zero-order valence-electron chi connectivity index (χ0n) is 46.7. The van der Waals surface area contributed by atoms with Gasteiger partial charge >= 0.3 is 134 Å². The molecule has 18 nitrogen and oxygen atoms in total. The van der Waals surface area contributed by atoms with Crippen LogP contribution in [-0.4, -0.2) is 56.4 Å². The molecule has 0 atom stereocenters. The summed E-state index contributed by atoms with van der Waals surface area (Å²) >= 11 is 0. The molecule has 0 saturated carbocycles. The average molecular weight is 2090 g/mol. The van der Waals surface area contributed by atoms with Gasteiger partial charge in [0.15, 0.2) is 0 Å². The smallest absolute Gasteiger partial charge is 0.665 e. The van der Waals surface area contributed by atoms with E-state index >= 15 is 0 Å². The van der Waals surface area contributed by atoms with Crippen molar-refractivity contribution in [3.63, 3.8) is 0 Å². The van der Waals surface area contributed by atoms with Crippen LogP contribution in [0.4, 0.5) is 0 Å². The molecule has 0 N–H and O–H groups in total. The Hall–Kier alpha value is -0.848. The van der Waals surface area contributed by atoms with Crippen molar-refractivity contribution in [2.75, 3.05) is 0 Å². The minimum Gasteiger partial charge on any atom is -0.665 e. The van der Waals surface area contributed by atoms with Crippen LogP contribution < -0.4 is 25.4 Å². The number of rotatable bonds is 11. The van der Waals surface area contributed by atoms with Gasteiger partial charge in [-0.1, -0.05) is 181 Å². The summed E-state index contributed by atoms with van der Waals surface area (Å²) in [6.07, 6.45) is 0. The molecule has 0 aromatic carbocycles. The number of allylic oxidation sites excluding steroid dienone is 1. The largest absolute Gasteiger partial charge is 1.00 e. The molecule has 0 fully saturated rings. The Kier molecular flexibility index (Phi) is 48.4. The van der Waals surface area contributed by atoms with E-state index in [4.69, 9.17) is 0 Å². The molecule has 24 heteroatoms. The van der Waals surface area contributed by atoms with Crippen molar-refractivity contribution in [1.82, 2.24) is 75.9 Å². The van der Waals surface area contributed by atoms with Gasteiger partial charge in [-0.25, -0.2) is 5.82 Å². The average Bonchev–Trinajstić information content (AvgIpc) is 4.09. The Morgan fingerprint density at radius 1 is 0.319 bits per heavy atom. The Bertz CT molecular complexity index is 1730. The minimum absolute atomic E-state index is 0. The van der Waals surface area contributed by atoms with E-state index in [1.54, 1.807) is 0 Å². The summed E-state index contributed by atoms with van der Waals surface area (Å²) in [6.45, 7) is 49.5. The molecule has 0 aliphatic carbocycles. The Morgan fingerprint density at radius 3 is 0.667 bits per heavy atom. The van der Waals surface area contributed by atoms with E-state index in [9.17, 15) is 0 Å². The van der Waals surface area contributed by atoms with E-state index < -0.39 is 0 Å². The van der Waals surface area contributed by atoms with Crippen LogP contribution in [0.5, 0.6) is 0 Å². The van der Waals surface area contributed by atoms with Gasteiger partial charge in [0, 0.05) is 23.3 Å². The van der Waals surface area contributed by atoms with Crippen molar-refractivity contribution in [2.24, 2.45) is 11.0 Å². The Labute approximate surface area is 527 Å². The van der Waals surface area contributed by atoms with Crippen LogP contribution in [-0.2, 0) is 134 Å². The molecule has 0 spiro atoms. The van der Waals surface area contributed by atoms with Crippen molar-refractivity contribution in [3.8, 4) is 0 Å². The maximum Gasteiger partial charge on any atom is 1.00 e. The van der Waals surface area contributed by atoms with Gasteiger partial charge in [-0.15, -0.1) is 5.57 Å². The van der Waals surface area contributed by atoms with Gasteiger partial charge in [0.25, 0.3) is 0 Å². The first kappa shape index (κ1) is 82.5. The molecular formula is C48H83Au6N18-. The third-order valence-corrected chi connectivity index (χ3v) is 9.02. The van der Waals surface area contributed by atoms with E-state index in [0.717, 1.165) is 75.5 Å². The van der Waals surface area contributed by atoms with E-state index in [1.807, 2.05) is 13.8 Å². The number of amidine groups is 1. The molecule has 0 amide bonds. The van der Waals surface area contributed by atoms with Gasteiger partial charge < -0.3 is 71.4 Å². The van der Waals surface area contributed by atoms with Crippen molar-refractivity contribution in [1.29, 1.82) is 0 Å². The first-order valence-corrected chi connectivity index (χ1v) is 23.7. The van der Waals surface area contributed by atoms with Gasteiger partial charge in [-0.05, 0) is 90.6 Å². The molecule has 1 aliphatic rings. The summed E-state index contributed by atoms with van der Waals surface area (Å²) in [6, 6.07) is 0. The number of aromatic nitrogens is 15. The predicted octanol–water partition coefficient (Wildman–Crippen LogP) is 11.4. The first-order chi connectivity index (χ1) is 30.7. The molecule has 0 saturated heterocycles. The molecule has 0 radical (unpaired) electrons. The Balaban J connectivity index is -0.000000179. The van der Waals surface area contributed by atoms with Crippen LogP contribution in [0.2, 0.25) is 0 Å². The van der Waals surface area contributed by atoms with Gasteiger partial charge in [0.2, 0.25) is 0 Å². The second kappa shape index (κ2) is 42.2. The number of hydrogen-bond acceptors (Lipinski definition) is 11. The minimum atomic E-state index is 0. The normalized spacial score (nSPS) is 11.2. The van der Waals surface area contributed by atoms with Crippen LogP contribution in [0.3, 0.4) is 0 Å². The summed E-state index contributed by atoms with van der Waals surface area (Å²) in [4.78, 5) is 21.4. The predicted molar refractivity (Wildman–Crippen MR) is 265 cm³/mol. The summed E-state index contributed by atoms with van der Waals surface area (Å²) in [5.41, 5.74) is 5.05. The summed E-state index contributed by atoms with van der Waals surface area (Å²) in [7, 11) is 0. The molecule has 5 aromatic heterocycles. The number of hydrogen-bond donors (Lipinski definition) is 0. The van der Waals surface area contributed by atoms with E-state index in [0.29, 0.717) is 65.1 Å². The SMILES string of the molecule is CC(C)=C1[N-]N=C(C(C)C)[N-]1.CC(C)c1n[n-]c(C(C)C)n1.CC(C)c1n[n-]c(C(C)C)n1.CC(C)c1n[n-]c(C(C)C)n1.CC(C)c1n[n-]c(C(C)C)n1.CC(C)c1nnc(C(C)C)[n-]1.[Au+].[Au+].[Au+].[Au+].[Au+].[Au+]. The van der Waals surface area contributed by atoms with Crippen molar-refractivity contribution in [3.05, 3.63) is 80.4 Å². The van der Waals surface area contributed by atoms with Crippen molar-refractivity contribution in [2.45, 2.75) is 225 Å². The Morgan fingerprint density at radius 2 is 0.556 bits per heavy atom. The molecule has 0 unspecified atom stereocenters. The van der Waals surface area contributed by atoms with Crippen molar-refractivity contribution < 1.29 is 134 Å². The second-order valence-electron chi connectivity index (χ2n) is 19.8. The van der Waals surface area contributed by atoms with Gasteiger partial charge in [-0.3, -0.25) is 20.4 Å². The van der Waals surface area contributed by atoms with Crippen molar-refractivity contribution >= 4 is 5.84 Å². The molecule has 6 rings (SSSR count). The maximum atomic E-state index is 4.29. The first-order valence-electron chi connectivity index (χ1n) is 23.7. The second-order valence-corrected chi connectivity index (χ2v) is 19.8. The van der Waals surface area contributed by atoms with E-state index in [-0.39, 0.29) is 134 Å². The molecule has 432 valence electrons. The molecule has 5 aromatic rings. The fourth-order valence-corrected chi connectivity index (χ4v) is 4.48. The van der Waals surface area contributed by atoms with Gasteiger partial charge in [0.1, 0.15) is 0 Å². The quantitative estimate of drug-likeness (QED) is 0.112. The summed E-state index contributed by atoms with van der Waals surface area (Å²) in [5, 5.41) is 48.0. The van der Waals surface area contributed by atoms with E-state index in [2.05, 4.69) is 244 Å². The standard InChI is InChI=1S/5C8H14N3.C8H13N3.6Au/c6*1-5(2)7-9-8(6(3)4)11-10-7;;;;;;/h5*5-6H,1-4H3;5H,1-4H3;;;;;;/q5*-1;-2;6*+1. The third-order valence-electron chi connectivity index (χ3n) is 9.02. The topological polar surface area (TPSA) is 240 Å². The molecule has 0 bridgehead atoms. The van der Waals surface area contributed by atoms with Crippen LogP contribution in [0.25, 0.3) is 10.7 Å². The summed E-state index contributed by atoms with van der Waals surface area (Å²) in [5.74, 6) is 14.4. The fourth-order valence-electron chi connectivity index (χ4n) is 4.48. The van der Waals surface area contributed by atoms with Crippen LogP contribution in [0, 0.1) is 5.92 Å². The fraction of sp³-hybridized carbons (Fsp3) is 0.729. The van der Waals surface area contributed by atoms with Gasteiger partial charge in [-0.2, -0.15) is 0 Å². The zero-order valence-corrected chi connectivity index (χ0v) is 59.7. The van der Waals surface area contributed by atoms with Crippen LogP contribution in [0.1, 0.15) is 284 Å². The molecule has 6 heterocycles. The monoisotopic (exact) mass is 2090 g/mol. The van der Waals surface area contributed by atoms with E-state index in [1.165, 1.54) is 0 Å². The third kappa shape index (κ3) is 31.4. The molecule has 1 aliphatic heterocycles. The summed E-state index contributed by atoms with van der Waals surface area (Å²) < 4.78 is 0. The molecular weight excluding hydrogens is 2010 g/mol. The zero-order chi connectivity index (χ0) is 50.6.